The van der Waals surface area contributed by atoms with Crippen LogP contribution in [0.2, 0.25) is 0 Å². The minimum Gasteiger partial charge on any atom is -0.344 e. The van der Waals surface area contributed by atoms with E-state index in [9.17, 15) is 9.59 Å². The number of hydrogen-bond acceptors (Lipinski definition) is 2. The summed E-state index contributed by atoms with van der Waals surface area (Å²) in [6, 6.07) is 0. The van der Waals surface area contributed by atoms with Crippen molar-refractivity contribution in [3.63, 3.8) is 0 Å². The largest absolute Gasteiger partial charge is 0.344 e. The third kappa shape index (κ3) is 3.28. The molecule has 4 heteroatoms. The van der Waals surface area contributed by atoms with Gasteiger partial charge in [0, 0.05) is 13.0 Å². The third-order valence-electron chi connectivity index (χ3n) is 2.59. The molecule has 0 radical (unpaired) electrons. The van der Waals surface area contributed by atoms with Gasteiger partial charge in [0.1, 0.15) is 0 Å². The molecule has 0 aromatic rings. The highest BCUT2D eigenvalue weighted by atomic mass is 16.2. The van der Waals surface area contributed by atoms with Gasteiger partial charge in [-0.1, -0.05) is 19.3 Å². The molecule has 0 saturated carbocycles. The molecule has 1 fully saturated rings. The zero-order valence-electron chi connectivity index (χ0n) is 8.95. The first-order chi connectivity index (χ1) is 7.17. The van der Waals surface area contributed by atoms with Crippen molar-refractivity contribution >= 4 is 11.8 Å². The fraction of sp³-hybridized carbons (Fsp3) is 0.636. The molecule has 15 heavy (non-hydrogen) atoms. The van der Waals surface area contributed by atoms with Crippen LogP contribution in [0.4, 0.5) is 0 Å². The summed E-state index contributed by atoms with van der Waals surface area (Å²) < 4.78 is 0. The number of carbonyl (C=O) groups excluding carboxylic acids is 2. The van der Waals surface area contributed by atoms with Crippen molar-refractivity contribution in [1.82, 2.24) is 10.2 Å². The number of terminal acetylenes is 1. The van der Waals surface area contributed by atoms with E-state index >= 15 is 0 Å². The Labute approximate surface area is 90.0 Å². The summed E-state index contributed by atoms with van der Waals surface area (Å²) in [7, 11) is 0. The van der Waals surface area contributed by atoms with Gasteiger partial charge in [-0.05, 0) is 5.92 Å². The van der Waals surface area contributed by atoms with Gasteiger partial charge in [0.2, 0.25) is 11.8 Å². The first-order valence-corrected chi connectivity index (χ1v) is 5.15. The maximum atomic E-state index is 11.5. The molecule has 82 valence electrons. The van der Waals surface area contributed by atoms with E-state index < -0.39 is 0 Å². The van der Waals surface area contributed by atoms with E-state index in [1.165, 1.54) is 0 Å². The Bertz CT molecular complexity index is 293. The average molecular weight is 208 g/mol. The fourth-order valence-electron chi connectivity index (χ4n) is 1.66. The van der Waals surface area contributed by atoms with Crippen LogP contribution in [0.3, 0.4) is 0 Å². The molecule has 4 nitrogen and oxygen atoms in total. The minimum atomic E-state index is -0.182. The fourth-order valence-corrected chi connectivity index (χ4v) is 1.66. The molecule has 0 spiro atoms. The molecule has 1 heterocycles. The van der Waals surface area contributed by atoms with Crippen molar-refractivity contribution < 1.29 is 9.59 Å². The lowest BCUT2D eigenvalue weighted by Crippen LogP contribution is -2.38. The molecular weight excluding hydrogens is 192 g/mol. The Hall–Kier alpha value is -1.50. The van der Waals surface area contributed by atoms with Crippen molar-refractivity contribution in [2.24, 2.45) is 5.92 Å². The molecule has 1 rings (SSSR count). The first-order valence-electron chi connectivity index (χ1n) is 5.15. The minimum absolute atomic E-state index is 0.0673. The number of hydrogen-bond donors (Lipinski definition) is 1. The molecule has 1 saturated heterocycles. The van der Waals surface area contributed by atoms with Crippen LogP contribution in [-0.2, 0) is 9.59 Å². The monoisotopic (exact) mass is 208 g/mol. The summed E-state index contributed by atoms with van der Waals surface area (Å²) in [4.78, 5) is 24.4. The highest BCUT2D eigenvalue weighted by Gasteiger charge is 2.29. The number of carbonyl (C=O) groups is 2. The molecule has 1 unspecified atom stereocenters. The highest BCUT2D eigenvalue weighted by molar-refractivity contribution is 5.86. The predicted octanol–water partition coefficient (Wildman–Crippen LogP) is -0.00570. The van der Waals surface area contributed by atoms with E-state index in [0.29, 0.717) is 18.9 Å². The van der Waals surface area contributed by atoms with Gasteiger partial charge < -0.3 is 10.2 Å². The second-order valence-electron chi connectivity index (χ2n) is 3.73. The third-order valence-corrected chi connectivity index (χ3v) is 2.59. The molecule has 2 amide bonds. The van der Waals surface area contributed by atoms with Gasteiger partial charge in [-0.25, -0.2) is 0 Å². The van der Waals surface area contributed by atoms with Crippen molar-refractivity contribution in [2.75, 3.05) is 19.6 Å². The molecule has 0 aromatic carbocycles. The van der Waals surface area contributed by atoms with Gasteiger partial charge >= 0.3 is 0 Å². The van der Waals surface area contributed by atoms with Crippen molar-refractivity contribution in [2.45, 2.75) is 19.8 Å². The Morgan fingerprint density at radius 2 is 2.47 bits per heavy atom. The number of nitrogens with one attached hydrogen (secondary N) is 1. The van der Waals surface area contributed by atoms with Gasteiger partial charge in [0.25, 0.3) is 0 Å². The molecule has 1 atom stereocenters. The van der Waals surface area contributed by atoms with Crippen LogP contribution < -0.4 is 5.32 Å². The summed E-state index contributed by atoms with van der Waals surface area (Å²) in [6.45, 7) is 3.10. The summed E-state index contributed by atoms with van der Waals surface area (Å²) in [6.07, 6.45) is 6.56. The highest BCUT2D eigenvalue weighted by Crippen LogP contribution is 2.19. The second-order valence-corrected chi connectivity index (χ2v) is 3.73. The lowest BCUT2D eigenvalue weighted by Gasteiger charge is -2.15. The van der Waals surface area contributed by atoms with Gasteiger partial charge in [0.05, 0.1) is 13.1 Å². The van der Waals surface area contributed by atoms with Crippen LogP contribution >= 0.6 is 0 Å². The van der Waals surface area contributed by atoms with E-state index in [4.69, 9.17) is 6.42 Å². The lowest BCUT2D eigenvalue weighted by molar-refractivity contribution is -0.132. The zero-order chi connectivity index (χ0) is 11.3. The van der Waals surface area contributed by atoms with Crippen LogP contribution in [0.25, 0.3) is 0 Å². The predicted molar refractivity (Wildman–Crippen MR) is 56.8 cm³/mol. The van der Waals surface area contributed by atoms with Gasteiger partial charge in [-0.3, -0.25) is 9.59 Å². The number of nitrogens with zero attached hydrogens (tertiary/aromatic N) is 1. The van der Waals surface area contributed by atoms with Crippen LogP contribution in [0.15, 0.2) is 0 Å². The number of amides is 2. The standard InChI is InChI=1S/C11H16N2O2/c1-3-5-12-10(14)8-13-7-9(4-2)6-11(13)15/h1,9H,4-8H2,2H3,(H,12,14). The van der Waals surface area contributed by atoms with Crippen LogP contribution in [0.5, 0.6) is 0 Å². The van der Waals surface area contributed by atoms with E-state index in [-0.39, 0.29) is 24.9 Å². The summed E-state index contributed by atoms with van der Waals surface area (Å²) in [5, 5.41) is 2.54. The van der Waals surface area contributed by atoms with Gasteiger partial charge in [0.15, 0.2) is 0 Å². The van der Waals surface area contributed by atoms with Crippen molar-refractivity contribution in [3.05, 3.63) is 0 Å². The van der Waals surface area contributed by atoms with Gasteiger partial charge in [-0.15, -0.1) is 6.42 Å². The van der Waals surface area contributed by atoms with E-state index in [1.807, 2.05) is 0 Å². The number of rotatable bonds is 4. The van der Waals surface area contributed by atoms with Crippen LogP contribution in [-0.4, -0.2) is 36.3 Å². The smallest absolute Gasteiger partial charge is 0.240 e. The zero-order valence-corrected chi connectivity index (χ0v) is 8.95. The Morgan fingerprint density at radius 1 is 1.73 bits per heavy atom. The molecule has 1 aliphatic rings. The maximum absolute atomic E-state index is 11.5. The topological polar surface area (TPSA) is 49.4 Å². The maximum Gasteiger partial charge on any atom is 0.240 e. The lowest BCUT2D eigenvalue weighted by atomic mass is 10.1. The summed E-state index contributed by atoms with van der Waals surface area (Å²) in [5.41, 5.74) is 0. The Kier molecular flexibility index (Phi) is 4.17. The van der Waals surface area contributed by atoms with Crippen molar-refractivity contribution in [3.8, 4) is 12.3 Å². The molecular formula is C11H16N2O2. The summed E-state index contributed by atoms with van der Waals surface area (Å²) >= 11 is 0. The van der Waals surface area contributed by atoms with Crippen molar-refractivity contribution in [1.29, 1.82) is 0 Å². The average Bonchev–Trinajstić information content (AvgIpc) is 2.57. The molecule has 1 N–H and O–H groups in total. The Balaban J connectivity index is 2.36. The van der Waals surface area contributed by atoms with Crippen LogP contribution in [0, 0.1) is 18.3 Å². The second kappa shape index (κ2) is 5.40. The number of likely N-dealkylation sites (tertiary alicyclic amines) is 1. The Morgan fingerprint density at radius 3 is 3.00 bits per heavy atom. The van der Waals surface area contributed by atoms with E-state index in [2.05, 4.69) is 18.2 Å². The molecule has 0 bridgehead atoms. The molecule has 1 aliphatic heterocycles. The van der Waals surface area contributed by atoms with Crippen LogP contribution in [0.1, 0.15) is 19.8 Å². The first kappa shape index (κ1) is 11.6. The van der Waals surface area contributed by atoms with E-state index in [1.54, 1.807) is 4.90 Å². The normalized spacial score (nSPS) is 20.1. The summed E-state index contributed by atoms with van der Waals surface area (Å²) in [5.74, 6) is 2.61. The quantitative estimate of drug-likeness (QED) is 0.661. The van der Waals surface area contributed by atoms with E-state index in [0.717, 1.165) is 6.42 Å². The molecule has 0 aliphatic carbocycles. The SMILES string of the molecule is C#CCNC(=O)CN1CC(CC)CC1=O. The van der Waals surface area contributed by atoms with Gasteiger partial charge in [-0.2, -0.15) is 0 Å². The molecule has 0 aromatic heterocycles.